The molecule has 0 atom stereocenters. The summed E-state index contributed by atoms with van der Waals surface area (Å²) in [5.74, 6) is 1.69. The quantitative estimate of drug-likeness (QED) is 0.831. The Bertz CT molecular complexity index is 480. The number of ketones is 1. The van der Waals surface area contributed by atoms with Gasteiger partial charge in [0, 0.05) is 24.3 Å². The molecule has 4 nitrogen and oxygen atoms in total. The lowest BCUT2D eigenvalue weighted by Gasteiger charge is -2.10. The van der Waals surface area contributed by atoms with Gasteiger partial charge in [-0.05, 0) is 25.0 Å². The van der Waals surface area contributed by atoms with Crippen LogP contribution in [-0.4, -0.2) is 20.0 Å². The summed E-state index contributed by atoms with van der Waals surface area (Å²) in [6.45, 7) is 0. The molecular weight excluding hydrogens is 230 g/mol. The highest BCUT2D eigenvalue weighted by molar-refractivity contribution is 5.97. The number of nitrogens with one attached hydrogen (secondary N) is 1. The zero-order valence-corrected chi connectivity index (χ0v) is 10.7. The summed E-state index contributed by atoms with van der Waals surface area (Å²) in [6, 6.07) is 5.50. The molecule has 18 heavy (non-hydrogen) atoms. The molecule has 0 unspecified atom stereocenters. The van der Waals surface area contributed by atoms with Crippen LogP contribution < -0.4 is 14.8 Å². The Hall–Kier alpha value is -1.97. The Morgan fingerprint density at radius 2 is 2.06 bits per heavy atom. The van der Waals surface area contributed by atoms with E-state index in [1.54, 1.807) is 20.4 Å². The van der Waals surface area contributed by atoms with Gasteiger partial charge >= 0.3 is 0 Å². The van der Waals surface area contributed by atoms with Gasteiger partial charge in [0.2, 0.25) is 0 Å². The van der Waals surface area contributed by atoms with Crippen molar-refractivity contribution in [3.63, 3.8) is 0 Å². The first-order chi connectivity index (χ1) is 8.74. The van der Waals surface area contributed by atoms with E-state index >= 15 is 0 Å². The number of carbonyl (C=O) groups is 1. The van der Waals surface area contributed by atoms with Crippen molar-refractivity contribution in [2.45, 2.75) is 19.3 Å². The average molecular weight is 247 g/mol. The van der Waals surface area contributed by atoms with Crippen molar-refractivity contribution in [3.05, 3.63) is 30.0 Å². The fourth-order valence-electron chi connectivity index (χ4n) is 1.98. The van der Waals surface area contributed by atoms with Crippen LogP contribution in [0.25, 0.3) is 0 Å². The largest absolute Gasteiger partial charge is 0.497 e. The molecular formula is C14H17NO3. The van der Waals surface area contributed by atoms with Crippen LogP contribution in [0.15, 0.2) is 30.0 Å². The van der Waals surface area contributed by atoms with Gasteiger partial charge in [0.25, 0.3) is 0 Å². The molecule has 0 aliphatic heterocycles. The number of benzene rings is 1. The second-order valence-corrected chi connectivity index (χ2v) is 4.16. The summed E-state index contributed by atoms with van der Waals surface area (Å²) in [5.41, 5.74) is 1.64. The van der Waals surface area contributed by atoms with Gasteiger partial charge in [-0.1, -0.05) is 0 Å². The SMILES string of the molecule is COc1ccc(OC)c(N/C=C2\CCCC2=O)c1. The van der Waals surface area contributed by atoms with E-state index in [4.69, 9.17) is 9.47 Å². The summed E-state index contributed by atoms with van der Waals surface area (Å²) in [4.78, 5) is 11.5. The molecule has 96 valence electrons. The summed E-state index contributed by atoms with van der Waals surface area (Å²) in [6.07, 6.45) is 4.22. The van der Waals surface area contributed by atoms with Gasteiger partial charge in [-0.3, -0.25) is 4.79 Å². The van der Waals surface area contributed by atoms with Crippen molar-refractivity contribution in [1.29, 1.82) is 0 Å². The summed E-state index contributed by atoms with van der Waals surface area (Å²) in [5, 5.41) is 3.12. The normalized spacial score (nSPS) is 17.0. The number of ether oxygens (including phenoxy) is 2. The Morgan fingerprint density at radius 3 is 2.67 bits per heavy atom. The zero-order chi connectivity index (χ0) is 13.0. The average Bonchev–Trinajstić information content (AvgIpc) is 2.81. The smallest absolute Gasteiger partial charge is 0.160 e. The molecule has 1 fully saturated rings. The molecule has 0 radical (unpaired) electrons. The minimum Gasteiger partial charge on any atom is -0.497 e. The lowest BCUT2D eigenvalue weighted by Crippen LogP contribution is -1.98. The molecule has 2 rings (SSSR count). The molecule has 1 saturated carbocycles. The minimum atomic E-state index is 0.226. The van der Waals surface area contributed by atoms with Crippen LogP contribution in [0.3, 0.4) is 0 Å². The number of hydrogen-bond donors (Lipinski definition) is 1. The molecule has 1 aliphatic rings. The first-order valence-electron chi connectivity index (χ1n) is 5.95. The molecule has 1 aromatic rings. The van der Waals surface area contributed by atoms with Crippen LogP contribution in [-0.2, 0) is 4.79 Å². The lowest BCUT2D eigenvalue weighted by atomic mass is 10.2. The van der Waals surface area contributed by atoms with E-state index < -0.39 is 0 Å². The molecule has 1 N–H and O–H groups in total. The number of carbonyl (C=O) groups excluding carboxylic acids is 1. The molecule has 0 amide bonds. The Kier molecular flexibility index (Phi) is 3.87. The standard InChI is InChI=1S/C14H17NO3/c1-17-11-6-7-14(18-2)12(8-11)15-9-10-4-3-5-13(10)16/h6-9,15H,3-5H2,1-2H3/b10-9+. The molecule has 4 heteroatoms. The van der Waals surface area contributed by atoms with Gasteiger partial charge in [-0.2, -0.15) is 0 Å². The van der Waals surface area contributed by atoms with Crippen LogP contribution in [0.1, 0.15) is 19.3 Å². The fraction of sp³-hybridized carbons (Fsp3) is 0.357. The van der Waals surface area contributed by atoms with Crippen LogP contribution in [0, 0.1) is 0 Å². The van der Waals surface area contributed by atoms with Crippen molar-refractivity contribution in [3.8, 4) is 11.5 Å². The highest BCUT2D eigenvalue weighted by Gasteiger charge is 2.16. The van der Waals surface area contributed by atoms with E-state index in [1.807, 2.05) is 18.2 Å². The molecule has 1 aliphatic carbocycles. The van der Waals surface area contributed by atoms with Gasteiger partial charge in [0.05, 0.1) is 19.9 Å². The molecule has 0 spiro atoms. The predicted molar refractivity (Wildman–Crippen MR) is 70.1 cm³/mol. The molecule has 1 aromatic carbocycles. The first kappa shape index (κ1) is 12.5. The Morgan fingerprint density at radius 1 is 1.22 bits per heavy atom. The predicted octanol–water partition coefficient (Wildman–Crippen LogP) is 2.75. The van der Waals surface area contributed by atoms with Gasteiger partial charge in [-0.25, -0.2) is 0 Å². The Labute approximate surface area is 107 Å². The van der Waals surface area contributed by atoms with E-state index in [1.165, 1.54) is 0 Å². The molecule has 0 heterocycles. The minimum absolute atomic E-state index is 0.226. The van der Waals surface area contributed by atoms with Crippen molar-refractivity contribution in [1.82, 2.24) is 0 Å². The number of allylic oxidation sites excluding steroid dienone is 1. The topological polar surface area (TPSA) is 47.6 Å². The van der Waals surface area contributed by atoms with E-state index in [-0.39, 0.29) is 5.78 Å². The number of Topliss-reactive ketones (excluding diaryl/α,β-unsaturated/α-hetero) is 1. The third-order valence-electron chi connectivity index (χ3n) is 3.02. The summed E-state index contributed by atoms with van der Waals surface area (Å²) >= 11 is 0. The van der Waals surface area contributed by atoms with E-state index in [0.717, 1.165) is 35.6 Å². The van der Waals surface area contributed by atoms with Gasteiger partial charge in [0.1, 0.15) is 11.5 Å². The maximum absolute atomic E-state index is 11.5. The van der Waals surface area contributed by atoms with Crippen molar-refractivity contribution in [2.75, 3.05) is 19.5 Å². The van der Waals surface area contributed by atoms with Crippen molar-refractivity contribution >= 4 is 11.5 Å². The van der Waals surface area contributed by atoms with Crippen LogP contribution in [0.2, 0.25) is 0 Å². The number of anilines is 1. The van der Waals surface area contributed by atoms with E-state index in [0.29, 0.717) is 6.42 Å². The summed E-state index contributed by atoms with van der Waals surface area (Å²) in [7, 11) is 3.23. The zero-order valence-electron chi connectivity index (χ0n) is 10.7. The lowest BCUT2D eigenvalue weighted by molar-refractivity contribution is -0.114. The third kappa shape index (κ3) is 2.64. The van der Waals surface area contributed by atoms with Gasteiger partial charge in [-0.15, -0.1) is 0 Å². The second kappa shape index (κ2) is 5.58. The van der Waals surface area contributed by atoms with Crippen LogP contribution in [0.5, 0.6) is 11.5 Å². The van der Waals surface area contributed by atoms with Crippen LogP contribution in [0.4, 0.5) is 5.69 Å². The first-order valence-corrected chi connectivity index (χ1v) is 5.95. The van der Waals surface area contributed by atoms with E-state index in [9.17, 15) is 4.79 Å². The maximum Gasteiger partial charge on any atom is 0.160 e. The molecule has 0 saturated heterocycles. The molecule has 0 bridgehead atoms. The second-order valence-electron chi connectivity index (χ2n) is 4.16. The number of rotatable bonds is 4. The maximum atomic E-state index is 11.5. The monoisotopic (exact) mass is 247 g/mol. The van der Waals surface area contributed by atoms with Crippen LogP contribution >= 0.6 is 0 Å². The molecule has 0 aromatic heterocycles. The van der Waals surface area contributed by atoms with Gasteiger partial charge < -0.3 is 14.8 Å². The van der Waals surface area contributed by atoms with Crippen molar-refractivity contribution < 1.29 is 14.3 Å². The highest BCUT2D eigenvalue weighted by Crippen LogP contribution is 2.29. The van der Waals surface area contributed by atoms with Gasteiger partial charge in [0.15, 0.2) is 5.78 Å². The Balaban J connectivity index is 2.19. The number of hydrogen-bond acceptors (Lipinski definition) is 4. The highest BCUT2D eigenvalue weighted by atomic mass is 16.5. The summed E-state index contributed by atoms with van der Waals surface area (Å²) < 4.78 is 10.4. The fourth-order valence-corrected chi connectivity index (χ4v) is 1.98. The number of methoxy groups -OCH3 is 2. The third-order valence-corrected chi connectivity index (χ3v) is 3.02. The van der Waals surface area contributed by atoms with Crippen molar-refractivity contribution in [2.24, 2.45) is 0 Å². The van der Waals surface area contributed by atoms with E-state index in [2.05, 4.69) is 5.32 Å².